The molecule has 3 amide bonds. The van der Waals surface area contributed by atoms with Gasteiger partial charge in [-0.05, 0) is 17.7 Å². The van der Waals surface area contributed by atoms with Gasteiger partial charge in [-0.2, -0.15) is 0 Å². The molecule has 0 saturated carbocycles. The van der Waals surface area contributed by atoms with Crippen LogP contribution >= 0.6 is 11.6 Å². The number of carbonyl (C=O) groups excluding carboxylic acids is 2. The third-order valence-electron chi connectivity index (χ3n) is 2.29. The van der Waals surface area contributed by atoms with E-state index in [1.807, 2.05) is 6.07 Å². The molecule has 1 aliphatic heterocycles. The number of carbonyl (C=O) groups is 2. The Labute approximate surface area is 97.5 Å². The molecule has 5 heteroatoms. The molecule has 1 heterocycles. The highest BCUT2D eigenvalue weighted by atomic mass is 35.5. The predicted molar refractivity (Wildman–Crippen MR) is 60.7 cm³/mol. The van der Waals surface area contributed by atoms with Crippen molar-refractivity contribution in [1.29, 1.82) is 0 Å². The van der Waals surface area contributed by atoms with Gasteiger partial charge in [0.2, 0.25) is 0 Å². The van der Waals surface area contributed by atoms with Crippen molar-refractivity contribution >= 4 is 29.6 Å². The minimum absolute atomic E-state index is 0.237. The molecule has 1 fully saturated rings. The van der Waals surface area contributed by atoms with Gasteiger partial charge in [-0.15, -0.1) is 0 Å². The summed E-state index contributed by atoms with van der Waals surface area (Å²) in [5.41, 5.74) is 0.934. The van der Waals surface area contributed by atoms with Crippen LogP contribution in [0.5, 0.6) is 0 Å². The number of urea groups is 1. The van der Waals surface area contributed by atoms with Crippen molar-refractivity contribution in [3.63, 3.8) is 0 Å². The van der Waals surface area contributed by atoms with Crippen LogP contribution in [0.15, 0.2) is 30.0 Å². The van der Waals surface area contributed by atoms with Gasteiger partial charge in [0.05, 0.1) is 0 Å². The van der Waals surface area contributed by atoms with Gasteiger partial charge in [-0.25, -0.2) is 4.79 Å². The number of imide groups is 1. The number of nitrogens with zero attached hydrogens (tertiary/aromatic N) is 1. The van der Waals surface area contributed by atoms with E-state index in [-0.39, 0.29) is 11.6 Å². The number of halogens is 1. The van der Waals surface area contributed by atoms with E-state index < -0.39 is 6.03 Å². The largest absolute Gasteiger partial charge is 0.328 e. The SMILES string of the molecule is CN1C(=O)NC(=Cc2ccccc2Cl)C1=O. The van der Waals surface area contributed by atoms with Crippen molar-refractivity contribution in [3.05, 3.63) is 40.5 Å². The first kappa shape index (κ1) is 10.7. The molecule has 1 aliphatic rings. The summed E-state index contributed by atoms with van der Waals surface area (Å²) in [6, 6.07) is 6.67. The quantitative estimate of drug-likeness (QED) is 0.598. The minimum atomic E-state index is -0.427. The Morgan fingerprint density at radius 2 is 2.00 bits per heavy atom. The van der Waals surface area contributed by atoms with Crippen LogP contribution in [-0.2, 0) is 4.79 Å². The number of hydrogen-bond acceptors (Lipinski definition) is 2. The van der Waals surface area contributed by atoms with Gasteiger partial charge >= 0.3 is 6.03 Å². The number of nitrogens with one attached hydrogen (secondary N) is 1. The minimum Gasteiger partial charge on any atom is -0.303 e. The van der Waals surface area contributed by atoms with Crippen LogP contribution in [0.25, 0.3) is 6.08 Å². The summed E-state index contributed by atoms with van der Waals surface area (Å²) in [5, 5.41) is 3.00. The van der Waals surface area contributed by atoms with Crippen LogP contribution < -0.4 is 5.32 Å². The Kier molecular flexibility index (Phi) is 2.66. The lowest BCUT2D eigenvalue weighted by Gasteiger charge is -2.00. The maximum absolute atomic E-state index is 11.6. The summed E-state index contributed by atoms with van der Waals surface area (Å²) in [4.78, 5) is 23.8. The maximum Gasteiger partial charge on any atom is 0.328 e. The number of amides is 3. The molecule has 1 aromatic carbocycles. The number of rotatable bonds is 1. The normalized spacial score (nSPS) is 18.1. The highest BCUT2D eigenvalue weighted by Gasteiger charge is 2.29. The molecule has 1 aromatic rings. The van der Waals surface area contributed by atoms with E-state index in [0.717, 1.165) is 4.90 Å². The topological polar surface area (TPSA) is 49.4 Å². The summed E-state index contributed by atoms with van der Waals surface area (Å²) in [6.07, 6.45) is 1.56. The van der Waals surface area contributed by atoms with Crippen LogP contribution in [0, 0.1) is 0 Å². The average Bonchev–Trinajstić information content (AvgIpc) is 2.50. The highest BCUT2D eigenvalue weighted by Crippen LogP contribution is 2.19. The fourth-order valence-electron chi connectivity index (χ4n) is 1.37. The van der Waals surface area contributed by atoms with Gasteiger partial charge < -0.3 is 5.32 Å². The summed E-state index contributed by atoms with van der Waals surface area (Å²) in [6.45, 7) is 0. The van der Waals surface area contributed by atoms with Crippen LogP contribution in [0.4, 0.5) is 4.79 Å². The van der Waals surface area contributed by atoms with E-state index in [1.165, 1.54) is 7.05 Å². The third kappa shape index (κ3) is 1.79. The van der Waals surface area contributed by atoms with Gasteiger partial charge in [-0.3, -0.25) is 9.69 Å². The predicted octanol–water partition coefficient (Wildman–Crippen LogP) is 1.86. The van der Waals surface area contributed by atoms with Crippen molar-refractivity contribution in [2.45, 2.75) is 0 Å². The summed E-state index contributed by atoms with van der Waals surface area (Å²) in [7, 11) is 1.42. The van der Waals surface area contributed by atoms with Crippen molar-refractivity contribution in [2.75, 3.05) is 7.05 Å². The van der Waals surface area contributed by atoms with Crippen molar-refractivity contribution in [1.82, 2.24) is 10.2 Å². The molecule has 0 unspecified atom stereocenters. The molecule has 1 N–H and O–H groups in total. The fraction of sp³-hybridized carbons (Fsp3) is 0.0909. The fourth-order valence-corrected chi connectivity index (χ4v) is 1.56. The standard InChI is InChI=1S/C11H9ClN2O2/c1-14-10(15)9(13-11(14)16)6-7-4-2-3-5-8(7)12/h2-6H,1H3,(H,13,16). The molecule has 1 saturated heterocycles. The first-order chi connectivity index (χ1) is 7.59. The van der Waals surface area contributed by atoms with Gasteiger partial charge in [0, 0.05) is 12.1 Å². The first-order valence-electron chi connectivity index (χ1n) is 4.65. The molecule has 16 heavy (non-hydrogen) atoms. The van der Waals surface area contributed by atoms with Crippen molar-refractivity contribution in [2.24, 2.45) is 0 Å². The van der Waals surface area contributed by atoms with Crippen LogP contribution in [0.2, 0.25) is 5.02 Å². The molecule has 0 aromatic heterocycles. The Bertz CT molecular complexity index is 497. The second-order valence-electron chi connectivity index (χ2n) is 3.37. The third-order valence-corrected chi connectivity index (χ3v) is 2.63. The molecule has 0 bridgehead atoms. The molecule has 0 spiro atoms. The van der Waals surface area contributed by atoms with E-state index >= 15 is 0 Å². The lowest BCUT2D eigenvalue weighted by atomic mass is 10.2. The Morgan fingerprint density at radius 1 is 1.31 bits per heavy atom. The monoisotopic (exact) mass is 236 g/mol. The van der Waals surface area contributed by atoms with E-state index in [1.54, 1.807) is 24.3 Å². The number of likely N-dealkylation sites (N-methyl/N-ethyl adjacent to an activating group) is 1. The van der Waals surface area contributed by atoms with E-state index in [4.69, 9.17) is 11.6 Å². The molecule has 0 radical (unpaired) electrons. The van der Waals surface area contributed by atoms with Gasteiger partial charge in [0.25, 0.3) is 5.91 Å². The molecule has 2 rings (SSSR count). The zero-order valence-electron chi connectivity index (χ0n) is 8.53. The molecule has 82 valence electrons. The van der Waals surface area contributed by atoms with E-state index in [0.29, 0.717) is 10.6 Å². The second kappa shape index (κ2) is 3.98. The van der Waals surface area contributed by atoms with E-state index in [2.05, 4.69) is 5.32 Å². The Hall–Kier alpha value is -1.81. The summed E-state index contributed by atoms with van der Waals surface area (Å²) < 4.78 is 0. The smallest absolute Gasteiger partial charge is 0.303 e. The van der Waals surface area contributed by atoms with Crippen molar-refractivity contribution in [3.8, 4) is 0 Å². The summed E-state index contributed by atoms with van der Waals surface area (Å²) >= 11 is 5.94. The number of benzene rings is 1. The van der Waals surface area contributed by atoms with E-state index in [9.17, 15) is 9.59 Å². The van der Waals surface area contributed by atoms with Crippen molar-refractivity contribution < 1.29 is 9.59 Å². The van der Waals surface area contributed by atoms with Gasteiger partial charge in [-0.1, -0.05) is 29.8 Å². The maximum atomic E-state index is 11.6. The average molecular weight is 237 g/mol. The van der Waals surface area contributed by atoms with Gasteiger partial charge in [0.1, 0.15) is 5.70 Å². The zero-order valence-corrected chi connectivity index (χ0v) is 9.28. The molecule has 0 atom stereocenters. The lowest BCUT2D eigenvalue weighted by Crippen LogP contribution is -2.25. The molecular weight excluding hydrogens is 228 g/mol. The van der Waals surface area contributed by atoms with Crippen LogP contribution in [0.1, 0.15) is 5.56 Å². The second-order valence-corrected chi connectivity index (χ2v) is 3.78. The highest BCUT2D eigenvalue weighted by molar-refractivity contribution is 6.32. The lowest BCUT2D eigenvalue weighted by molar-refractivity contribution is -0.121. The van der Waals surface area contributed by atoms with Crippen LogP contribution in [0.3, 0.4) is 0 Å². The number of hydrogen-bond donors (Lipinski definition) is 1. The molecule has 0 aliphatic carbocycles. The Morgan fingerprint density at radius 3 is 2.56 bits per heavy atom. The first-order valence-corrected chi connectivity index (χ1v) is 5.02. The molecule has 4 nitrogen and oxygen atoms in total. The zero-order chi connectivity index (χ0) is 11.7. The van der Waals surface area contributed by atoms with Gasteiger partial charge in [0.15, 0.2) is 0 Å². The Balaban J connectivity index is 2.37. The molecular formula is C11H9ClN2O2. The summed E-state index contributed by atoms with van der Waals surface area (Å²) in [5.74, 6) is -0.357. The van der Waals surface area contributed by atoms with Crippen LogP contribution in [-0.4, -0.2) is 23.9 Å².